The Morgan fingerprint density at radius 2 is 0.758 bits per heavy atom. The number of rotatable bonds is 4. The Labute approximate surface area is 361 Å². The molecule has 5 heterocycles. The molecule has 0 fully saturated rings. The molecule has 0 radical (unpaired) electrons. The average molecular weight is 794 g/mol. The fourth-order valence-electron chi connectivity index (χ4n) is 11.2. The van der Waals surface area contributed by atoms with Gasteiger partial charge in [-0.15, -0.1) is 0 Å². The fraction of sp³-hybridized carbons (Fsp3) is 0.102. The molecule has 3 aromatic heterocycles. The van der Waals surface area contributed by atoms with Crippen molar-refractivity contribution >= 4 is 43.6 Å². The van der Waals surface area contributed by atoms with Gasteiger partial charge >= 0.3 is 0 Å². The highest BCUT2D eigenvalue weighted by Gasteiger charge is 2.37. The van der Waals surface area contributed by atoms with Crippen LogP contribution in [0.3, 0.4) is 0 Å². The number of hydrogen-bond donors (Lipinski definition) is 0. The highest BCUT2D eigenvalue weighted by Crippen LogP contribution is 2.50. The molecule has 3 nitrogen and oxygen atoms in total. The van der Waals surface area contributed by atoms with Crippen LogP contribution in [0.15, 0.2) is 188 Å². The van der Waals surface area contributed by atoms with Gasteiger partial charge in [0.15, 0.2) is 0 Å². The van der Waals surface area contributed by atoms with Crippen LogP contribution >= 0.6 is 0 Å². The summed E-state index contributed by atoms with van der Waals surface area (Å²) in [7, 11) is 0. The predicted octanol–water partition coefficient (Wildman–Crippen LogP) is 15.2. The van der Waals surface area contributed by atoms with Crippen LogP contribution in [-0.4, -0.2) is 14.1 Å². The van der Waals surface area contributed by atoms with Crippen LogP contribution in [0, 0.1) is 0 Å². The SMILES string of the molecule is CC1(C)c2cc(-c3cccc(-c4ccnc(-c5cccc(-c6ccc7c(c6)C(C)(C)c6cccc8c9ccccc9n-7c68)c5)c4)c3)ccc2-n2c3ccccc3c3cccc1c32. The molecule has 0 saturated carbocycles. The van der Waals surface area contributed by atoms with Gasteiger partial charge in [-0.3, -0.25) is 4.98 Å². The van der Waals surface area contributed by atoms with Gasteiger partial charge in [-0.2, -0.15) is 0 Å². The molecule has 0 spiro atoms. The predicted molar refractivity (Wildman–Crippen MR) is 259 cm³/mol. The van der Waals surface area contributed by atoms with Crippen LogP contribution in [0.2, 0.25) is 0 Å². The number of pyridine rings is 1. The summed E-state index contributed by atoms with van der Waals surface area (Å²) in [6, 6.07) is 67.6. The number of benzene rings is 8. The molecule has 13 rings (SSSR count). The molecule has 0 saturated heterocycles. The Hall–Kier alpha value is -7.49. The van der Waals surface area contributed by atoms with E-state index in [4.69, 9.17) is 4.98 Å². The molecule has 62 heavy (non-hydrogen) atoms. The minimum absolute atomic E-state index is 0.160. The van der Waals surface area contributed by atoms with Gasteiger partial charge in [0, 0.05) is 44.1 Å². The normalized spacial score (nSPS) is 14.4. The van der Waals surface area contributed by atoms with E-state index in [-0.39, 0.29) is 10.8 Å². The Kier molecular flexibility index (Phi) is 7.13. The third-order valence-electron chi connectivity index (χ3n) is 14.3. The zero-order valence-corrected chi connectivity index (χ0v) is 35.2. The Balaban J connectivity index is 0.856. The molecule has 8 aromatic carbocycles. The summed E-state index contributed by atoms with van der Waals surface area (Å²) in [5, 5.41) is 5.25. The number of para-hydroxylation sites is 4. The summed E-state index contributed by atoms with van der Waals surface area (Å²) in [6.07, 6.45) is 1.95. The molecule has 0 aliphatic carbocycles. The summed E-state index contributed by atoms with van der Waals surface area (Å²) >= 11 is 0. The van der Waals surface area contributed by atoms with Crippen molar-refractivity contribution in [3.8, 4) is 56.0 Å². The van der Waals surface area contributed by atoms with Crippen molar-refractivity contribution in [1.29, 1.82) is 0 Å². The third-order valence-corrected chi connectivity index (χ3v) is 14.3. The van der Waals surface area contributed by atoms with Gasteiger partial charge in [0.25, 0.3) is 0 Å². The van der Waals surface area contributed by atoms with E-state index in [0.29, 0.717) is 0 Å². The highest BCUT2D eigenvalue weighted by molar-refractivity contribution is 6.12. The van der Waals surface area contributed by atoms with Gasteiger partial charge in [-0.1, -0.05) is 149 Å². The largest absolute Gasteiger partial charge is 0.309 e. The van der Waals surface area contributed by atoms with Gasteiger partial charge in [0.05, 0.1) is 39.1 Å². The van der Waals surface area contributed by atoms with E-state index in [0.717, 1.165) is 16.8 Å². The Morgan fingerprint density at radius 1 is 0.339 bits per heavy atom. The van der Waals surface area contributed by atoms with E-state index in [9.17, 15) is 0 Å². The number of nitrogens with zero attached hydrogens (tertiary/aromatic N) is 3. The first-order valence-corrected chi connectivity index (χ1v) is 21.8. The van der Waals surface area contributed by atoms with Gasteiger partial charge in [-0.25, -0.2) is 0 Å². The molecule has 0 atom stereocenters. The Bertz CT molecular complexity index is 3460. The van der Waals surface area contributed by atoms with Crippen molar-refractivity contribution in [2.24, 2.45) is 0 Å². The zero-order chi connectivity index (χ0) is 41.5. The van der Waals surface area contributed by atoms with E-state index >= 15 is 0 Å². The summed E-state index contributed by atoms with van der Waals surface area (Å²) in [5.74, 6) is 0. The maximum Gasteiger partial charge on any atom is 0.0708 e. The van der Waals surface area contributed by atoms with Crippen LogP contribution < -0.4 is 0 Å². The van der Waals surface area contributed by atoms with Crippen molar-refractivity contribution in [3.05, 3.63) is 210 Å². The standard InChI is InChI=1S/C59H43N3/c1-58(2)47-21-11-19-45-43-17-5-7-23-52(43)61(56(45)47)54-27-25-39(33-49(54)58)36-13-9-14-37(31-36)41-29-30-60-51(35-41)42-16-10-15-38(32-42)40-26-28-55-50(34-40)59(3,4)48-22-12-20-46-44-18-6-8-24-53(44)62(55)57(46)48/h5-35H,1-4H3. The lowest BCUT2D eigenvalue weighted by atomic mass is 9.74. The van der Waals surface area contributed by atoms with Crippen LogP contribution in [0.5, 0.6) is 0 Å². The lowest BCUT2D eigenvalue weighted by Crippen LogP contribution is -2.26. The number of hydrogen-bond acceptors (Lipinski definition) is 1. The lowest BCUT2D eigenvalue weighted by molar-refractivity contribution is 0.630. The second-order valence-corrected chi connectivity index (χ2v) is 18.4. The monoisotopic (exact) mass is 793 g/mol. The van der Waals surface area contributed by atoms with Gasteiger partial charge in [0.2, 0.25) is 0 Å². The third kappa shape index (κ3) is 4.79. The fourth-order valence-corrected chi connectivity index (χ4v) is 11.2. The molecule has 0 N–H and O–H groups in total. The summed E-state index contributed by atoms with van der Waals surface area (Å²) in [6.45, 7) is 9.50. The number of fused-ring (bicyclic) bond motifs is 10. The maximum absolute atomic E-state index is 4.92. The second kappa shape index (κ2) is 12.5. The summed E-state index contributed by atoms with van der Waals surface area (Å²) in [4.78, 5) is 4.92. The number of aromatic nitrogens is 3. The first-order chi connectivity index (χ1) is 30.3. The molecule has 0 unspecified atom stereocenters. The van der Waals surface area contributed by atoms with Crippen LogP contribution in [-0.2, 0) is 10.8 Å². The minimum atomic E-state index is -0.164. The molecule has 0 bridgehead atoms. The van der Waals surface area contributed by atoms with Crippen LogP contribution in [0.4, 0.5) is 0 Å². The van der Waals surface area contributed by atoms with E-state index in [1.54, 1.807) is 0 Å². The van der Waals surface area contributed by atoms with Gasteiger partial charge in [0.1, 0.15) is 0 Å². The first kappa shape index (κ1) is 35.3. The molecule has 294 valence electrons. The van der Waals surface area contributed by atoms with Crippen LogP contribution in [0.25, 0.3) is 99.6 Å². The van der Waals surface area contributed by atoms with E-state index in [1.807, 2.05) is 6.20 Å². The van der Waals surface area contributed by atoms with Crippen molar-refractivity contribution in [2.45, 2.75) is 38.5 Å². The van der Waals surface area contributed by atoms with Crippen molar-refractivity contribution in [1.82, 2.24) is 14.1 Å². The maximum atomic E-state index is 4.92. The van der Waals surface area contributed by atoms with Crippen molar-refractivity contribution in [3.63, 3.8) is 0 Å². The zero-order valence-electron chi connectivity index (χ0n) is 35.2. The molecule has 0 amide bonds. The highest BCUT2D eigenvalue weighted by atomic mass is 15.0. The lowest BCUT2D eigenvalue weighted by Gasteiger charge is -2.35. The molecular weight excluding hydrogens is 751 g/mol. The quantitative estimate of drug-likeness (QED) is 0.174. The molecule has 2 aliphatic rings. The molecule has 11 aromatic rings. The minimum Gasteiger partial charge on any atom is -0.309 e. The molecule has 3 heteroatoms. The average Bonchev–Trinajstić information content (AvgIpc) is 3.84. The summed E-state index contributed by atoms with van der Waals surface area (Å²) < 4.78 is 4.97. The smallest absolute Gasteiger partial charge is 0.0708 e. The topological polar surface area (TPSA) is 22.8 Å². The summed E-state index contributed by atoms with van der Waals surface area (Å²) in [5.41, 5.74) is 22.0. The Morgan fingerprint density at radius 3 is 1.29 bits per heavy atom. The molecule has 2 aliphatic heterocycles. The van der Waals surface area contributed by atoms with E-state index < -0.39 is 0 Å². The first-order valence-electron chi connectivity index (χ1n) is 21.8. The molecular formula is C59H43N3. The van der Waals surface area contributed by atoms with E-state index in [2.05, 4.69) is 219 Å². The van der Waals surface area contributed by atoms with E-state index in [1.165, 1.54) is 105 Å². The van der Waals surface area contributed by atoms with Crippen LogP contribution in [0.1, 0.15) is 49.9 Å². The van der Waals surface area contributed by atoms with Gasteiger partial charge < -0.3 is 9.13 Å². The second-order valence-electron chi connectivity index (χ2n) is 18.4. The van der Waals surface area contributed by atoms with Gasteiger partial charge in [-0.05, 0) is 116 Å². The van der Waals surface area contributed by atoms with Crippen molar-refractivity contribution < 1.29 is 0 Å². The van der Waals surface area contributed by atoms with Crippen molar-refractivity contribution in [2.75, 3.05) is 0 Å².